The molecular formula is C28H29N5O3. The average Bonchev–Trinajstić information content (AvgIpc) is 3.27. The van der Waals surface area contributed by atoms with Gasteiger partial charge in [-0.15, -0.1) is 0 Å². The van der Waals surface area contributed by atoms with Crippen LogP contribution in [0.15, 0.2) is 42.6 Å². The molecule has 0 spiro atoms. The number of H-pyrrole nitrogens is 1. The molecule has 1 atom stereocenters. The highest BCUT2D eigenvalue weighted by molar-refractivity contribution is 5.93. The predicted octanol–water partition coefficient (Wildman–Crippen LogP) is 4.72. The van der Waals surface area contributed by atoms with Gasteiger partial charge in [0.05, 0.1) is 23.6 Å². The summed E-state index contributed by atoms with van der Waals surface area (Å²) < 4.78 is 12.4. The van der Waals surface area contributed by atoms with Gasteiger partial charge in [-0.2, -0.15) is 0 Å². The summed E-state index contributed by atoms with van der Waals surface area (Å²) in [4.78, 5) is 26.8. The van der Waals surface area contributed by atoms with Crippen molar-refractivity contribution in [3.8, 4) is 17.2 Å². The Morgan fingerprint density at radius 1 is 1.17 bits per heavy atom. The number of fused-ring (bicyclic) bond motifs is 3. The third kappa shape index (κ3) is 4.28. The monoisotopic (exact) mass is 483 g/mol. The molecule has 0 bridgehead atoms. The summed E-state index contributed by atoms with van der Waals surface area (Å²) in [5.41, 5.74) is 6.56. The first kappa shape index (κ1) is 22.5. The summed E-state index contributed by atoms with van der Waals surface area (Å²) >= 11 is 0. The second kappa shape index (κ2) is 8.95. The highest BCUT2D eigenvalue weighted by atomic mass is 16.5. The quantitative estimate of drug-likeness (QED) is 0.427. The minimum Gasteiger partial charge on any atom is -0.493 e. The highest BCUT2D eigenvalue weighted by Gasteiger charge is 2.26. The maximum Gasteiger partial charge on any atom is 0.225 e. The van der Waals surface area contributed by atoms with E-state index in [2.05, 4.69) is 53.3 Å². The van der Waals surface area contributed by atoms with Crippen molar-refractivity contribution in [2.45, 2.75) is 38.6 Å². The second-order valence-corrected chi connectivity index (χ2v) is 9.95. The van der Waals surface area contributed by atoms with Gasteiger partial charge >= 0.3 is 0 Å². The lowest BCUT2D eigenvalue weighted by Gasteiger charge is -2.25. The fourth-order valence-corrected chi connectivity index (χ4v) is 5.11. The number of ether oxygens (including phenoxy) is 2. The van der Waals surface area contributed by atoms with Crippen molar-refractivity contribution in [2.75, 3.05) is 26.0 Å². The number of carbonyl (C=O) groups is 1. The normalized spacial score (nSPS) is 16.9. The first-order chi connectivity index (χ1) is 17.4. The zero-order valence-corrected chi connectivity index (χ0v) is 20.7. The third-order valence-corrected chi connectivity index (χ3v) is 6.74. The minimum atomic E-state index is -0.0151. The number of aryl methyl sites for hydroxylation is 1. The molecule has 8 nitrogen and oxygen atoms in total. The Morgan fingerprint density at radius 2 is 2.06 bits per heavy atom. The number of nitrogens with one attached hydrogen (secondary N) is 2. The van der Waals surface area contributed by atoms with Gasteiger partial charge in [-0.05, 0) is 80.9 Å². The van der Waals surface area contributed by atoms with Crippen LogP contribution in [0.4, 0.5) is 5.82 Å². The Bertz CT molecular complexity index is 1480. The molecule has 4 aromatic rings. The van der Waals surface area contributed by atoms with Gasteiger partial charge in [0, 0.05) is 24.7 Å². The predicted molar refractivity (Wildman–Crippen MR) is 138 cm³/mol. The Labute approximate surface area is 209 Å². The van der Waals surface area contributed by atoms with Crippen LogP contribution < -0.4 is 14.8 Å². The van der Waals surface area contributed by atoms with Gasteiger partial charge in [-0.25, -0.2) is 9.97 Å². The van der Waals surface area contributed by atoms with Crippen LogP contribution in [0.25, 0.3) is 11.0 Å². The molecular weight excluding hydrogens is 454 g/mol. The minimum absolute atomic E-state index is 0.0151. The Hall–Kier alpha value is -3.91. The standard InChI is InChI=1S/C28H29N5O3/c1-16-10-18(14-33(2)3)26-22(11-16)30-27(32-26)19-12-17-13-20(4-6-23(17)35-15-19)36-24-8-9-29-28-21(24)5-7-25(34)31-28/h4,6,8-11,13,19H,5,7,12,14-15H2,1-3H3,(H,30,32)(H,29,31,34). The van der Waals surface area contributed by atoms with Gasteiger partial charge in [0.2, 0.25) is 5.91 Å². The van der Waals surface area contributed by atoms with Gasteiger partial charge in [0.1, 0.15) is 28.9 Å². The lowest BCUT2D eigenvalue weighted by molar-refractivity contribution is -0.116. The molecule has 1 amide bonds. The van der Waals surface area contributed by atoms with E-state index in [4.69, 9.17) is 14.5 Å². The van der Waals surface area contributed by atoms with Crippen molar-refractivity contribution in [3.63, 3.8) is 0 Å². The van der Waals surface area contributed by atoms with Gasteiger partial charge in [-0.3, -0.25) is 4.79 Å². The number of aromatic amines is 1. The van der Waals surface area contributed by atoms with Gasteiger partial charge in [-0.1, -0.05) is 6.07 Å². The van der Waals surface area contributed by atoms with Crippen LogP contribution in [-0.2, 0) is 24.2 Å². The number of pyridine rings is 1. The van der Waals surface area contributed by atoms with E-state index in [-0.39, 0.29) is 11.8 Å². The summed E-state index contributed by atoms with van der Waals surface area (Å²) in [7, 11) is 4.15. The van der Waals surface area contributed by atoms with Gasteiger partial charge in [0.15, 0.2) is 0 Å². The van der Waals surface area contributed by atoms with Crippen LogP contribution in [0, 0.1) is 6.92 Å². The molecule has 0 radical (unpaired) electrons. The molecule has 36 heavy (non-hydrogen) atoms. The maximum absolute atomic E-state index is 11.7. The van der Waals surface area contributed by atoms with E-state index in [0.29, 0.717) is 31.0 Å². The Balaban J connectivity index is 1.26. The number of benzene rings is 2. The molecule has 2 aromatic carbocycles. The molecule has 8 heteroatoms. The number of anilines is 1. The van der Waals surface area contributed by atoms with Crippen molar-refractivity contribution in [3.05, 3.63) is 70.7 Å². The molecule has 184 valence electrons. The van der Waals surface area contributed by atoms with E-state index in [1.54, 1.807) is 6.20 Å². The molecule has 2 N–H and O–H groups in total. The number of rotatable bonds is 5. The van der Waals surface area contributed by atoms with Crippen molar-refractivity contribution < 1.29 is 14.3 Å². The fraction of sp³-hybridized carbons (Fsp3) is 0.321. The zero-order valence-electron chi connectivity index (χ0n) is 20.7. The van der Waals surface area contributed by atoms with Crippen LogP contribution in [0.1, 0.15) is 40.4 Å². The lowest BCUT2D eigenvalue weighted by Crippen LogP contribution is -2.20. The number of hydrogen-bond donors (Lipinski definition) is 2. The molecule has 1 unspecified atom stereocenters. The third-order valence-electron chi connectivity index (χ3n) is 6.74. The summed E-state index contributed by atoms with van der Waals surface area (Å²) in [5.74, 6) is 3.97. The van der Waals surface area contributed by atoms with E-state index < -0.39 is 0 Å². The van der Waals surface area contributed by atoms with Gasteiger partial charge < -0.3 is 24.7 Å². The zero-order chi connectivity index (χ0) is 24.8. The van der Waals surface area contributed by atoms with Crippen molar-refractivity contribution in [1.29, 1.82) is 0 Å². The van der Waals surface area contributed by atoms with Crippen molar-refractivity contribution in [2.24, 2.45) is 0 Å². The molecule has 0 fully saturated rings. The number of aromatic nitrogens is 3. The number of amides is 1. The summed E-state index contributed by atoms with van der Waals surface area (Å²) in [5, 5.41) is 2.83. The number of imidazole rings is 1. The SMILES string of the molecule is Cc1cc(CN(C)C)c2nc(C3COc4ccc(Oc5ccnc6c5CCC(=O)N6)cc4C3)[nH]c2c1. The largest absolute Gasteiger partial charge is 0.493 e. The smallest absolute Gasteiger partial charge is 0.225 e. The van der Waals surface area contributed by atoms with Crippen LogP contribution >= 0.6 is 0 Å². The van der Waals surface area contributed by atoms with Crippen LogP contribution in [0.5, 0.6) is 17.2 Å². The molecule has 6 rings (SSSR count). The molecule has 0 aliphatic carbocycles. The highest BCUT2D eigenvalue weighted by Crippen LogP contribution is 2.38. The summed E-state index contributed by atoms with van der Waals surface area (Å²) in [6.07, 6.45) is 3.51. The first-order valence-corrected chi connectivity index (χ1v) is 12.3. The van der Waals surface area contributed by atoms with E-state index in [1.807, 2.05) is 24.3 Å². The van der Waals surface area contributed by atoms with E-state index in [9.17, 15) is 4.79 Å². The van der Waals surface area contributed by atoms with Crippen molar-refractivity contribution >= 4 is 22.8 Å². The maximum atomic E-state index is 11.7. The molecule has 4 heterocycles. The van der Waals surface area contributed by atoms with Gasteiger partial charge in [0.25, 0.3) is 0 Å². The van der Waals surface area contributed by atoms with Crippen LogP contribution in [0.2, 0.25) is 0 Å². The molecule has 0 saturated heterocycles. The fourth-order valence-electron chi connectivity index (χ4n) is 5.11. The summed E-state index contributed by atoms with van der Waals surface area (Å²) in [6, 6.07) is 12.1. The molecule has 2 aromatic heterocycles. The van der Waals surface area contributed by atoms with Crippen molar-refractivity contribution in [1.82, 2.24) is 19.9 Å². The lowest BCUT2D eigenvalue weighted by atomic mass is 9.96. The van der Waals surface area contributed by atoms with E-state index in [1.165, 1.54) is 11.1 Å². The van der Waals surface area contributed by atoms with Crippen LogP contribution in [0.3, 0.4) is 0 Å². The van der Waals surface area contributed by atoms with E-state index >= 15 is 0 Å². The Kier molecular flexibility index (Phi) is 5.60. The first-order valence-electron chi connectivity index (χ1n) is 12.3. The molecule has 2 aliphatic rings. The number of hydrogen-bond acceptors (Lipinski definition) is 6. The second-order valence-electron chi connectivity index (χ2n) is 9.95. The topological polar surface area (TPSA) is 92.4 Å². The Morgan fingerprint density at radius 3 is 2.92 bits per heavy atom. The summed E-state index contributed by atoms with van der Waals surface area (Å²) in [6.45, 7) is 3.54. The molecule has 0 saturated carbocycles. The molecule has 2 aliphatic heterocycles. The van der Waals surface area contributed by atoms with E-state index in [0.717, 1.165) is 52.4 Å². The number of carbonyl (C=O) groups excluding carboxylic acids is 1. The van der Waals surface area contributed by atoms with Crippen LogP contribution in [-0.4, -0.2) is 46.5 Å². The average molecular weight is 484 g/mol. The number of nitrogens with zero attached hydrogens (tertiary/aromatic N) is 3.